The first kappa shape index (κ1) is 14.9. The standard InChI is InChI=1S/C17H24N4O/c1-20-16(11-13-4-3-5-15(10-13)22-2)17(12-19-20)21-8-6-14(18)7-9-21/h3-5,10,12,14H,6-9,11,18H2,1-2H3. The molecule has 5 heteroatoms. The van der Waals surface area contributed by atoms with Gasteiger partial charge in [-0.2, -0.15) is 5.10 Å². The van der Waals surface area contributed by atoms with E-state index in [1.807, 2.05) is 30.1 Å². The smallest absolute Gasteiger partial charge is 0.119 e. The lowest BCUT2D eigenvalue weighted by atomic mass is 10.0. The van der Waals surface area contributed by atoms with Gasteiger partial charge in [-0.25, -0.2) is 0 Å². The Kier molecular flexibility index (Phi) is 4.34. The number of methoxy groups -OCH3 is 1. The van der Waals surface area contributed by atoms with Crippen molar-refractivity contribution in [2.45, 2.75) is 25.3 Å². The summed E-state index contributed by atoms with van der Waals surface area (Å²) in [5.41, 5.74) is 9.72. The van der Waals surface area contributed by atoms with Crippen molar-refractivity contribution in [3.8, 4) is 5.75 Å². The Bertz CT molecular complexity index is 629. The summed E-state index contributed by atoms with van der Waals surface area (Å²) >= 11 is 0. The van der Waals surface area contributed by atoms with Crippen LogP contribution in [0.15, 0.2) is 30.5 Å². The van der Waals surface area contributed by atoms with Gasteiger partial charge in [0, 0.05) is 32.6 Å². The fraction of sp³-hybridized carbons (Fsp3) is 0.471. The van der Waals surface area contributed by atoms with E-state index in [2.05, 4.69) is 22.1 Å². The SMILES string of the molecule is COc1cccc(Cc2c(N3CCC(N)CC3)cnn2C)c1. The molecule has 0 spiro atoms. The molecule has 0 unspecified atom stereocenters. The highest BCUT2D eigenvalue weighted by molar-refractivity contribution is 5.52. The van der Waals surface area contributed by atoms with E-state index in [4.69, 9.17) is 10.5 Å². The highest BCUT2D eigenvalue weighted by atomic mass is 16.5. The second-order valence-electron chi connectivity index (χ2n) is 5.95. The van der Waals surface area contributed by atoms with Gasteiger partial charge in [0.1, 0.15) is 5.75 Å². The molecule has 1 aromatic carbocycles. The second-order valence-corrected chi connectivity index (χ2v) is 5.95. The quantitative estimate of drug-likeness (QED) is 0.937. The lowest BCUT2D eigenvalue weighted by Gasteiger charge is -2.31. The molecular weight excluding hydrogens is 276 g/mol. The molecule has 1 aliphatic heterocycles. The zero-order chi connectivity index (χ0) is 15.5. The maximum absolute atomic E-state index is 6.01. The molecule has 1 fully saturated rings. The second kappa shape index (κ2) is 6.40. The molecule has 0 radical (unpaired) electrons. The predicted molar refractivity (Wildman–Crippen MR) is 88.4 cm³/mol. The Labute approximate surface area is 131 Å². The summed E-state index contributed by atoms with van der Waals surface area (Å²) in [6, 6.07) is 8.56. The summed E-state index contributed by atoms with van der Waals surface area (Å²) in [6.07, 6.45) is 4.93. The number of nitrogens with two attached hydrogens (primary N) is 1. The predicted octanol–water partition coefficient (Wildman–Crippen LogP) is 1.95. The van der Waals surface area contributed by atoms with Crippen molar-refractivity contribution in [1.82, 2.24) is 9.78 Å². The van der Waals surface area contributed by atoms with Gasteiger partial charge < -0.3 is 15.4 Å². The van der Waals surface area contributed by atoms with Crippen molar-refractivity contribution in [1.29, 1.82) is 0 Å². The number of ether oxygens (including phenoxy) is 1. The summed E-state index contributed by atoms with van der Waals surface area (Å²) in [4.78, 5) is 2.41. The molecule has 0 bridgehead atoms. The van der Waals surface area contributed by atoms with Crippen molar-refractivity contribution < 1.29 is 4.74 Å². The number of aryl methyl sites for hydroxylation is 1. The maximum atomic E-state index is 6.01. The van der Waals surface area contributed by atoms with E-state index in [1.54, 1.807) is 7.11 Å². The van der Waals surface area contributed by atoms with Crippen LogP contribution in [0.25, 0.3) is 0 Å². The van der Waals surface area contributed by atoms with Crippen LogP contribution in [-0.2, 0) is 13.5 Å². The van der Waals surface area contributed by atoms with Gasteiger partial charge in [-0.05, 0) is 30.5 Å². The van der Waals surface area contributed by atoms with Crippen LogP contribution < -0.4 is 15.4 Å². The third kappa shape index (κ3) is 3.09. The molecular formula is C17H24N4O. The molecule has 118 valence electrons. The Morgan fingerprint density at radius 2 is 2.09 bits per heavy atom. The number of hydrogen-bond acceptors (Lipinski definition) is 4. The first-order valence-corrected chi connectivity index (χ1v) is 7.81. The number of nitrogens with zero attached hydrogens (tertiary/aromatic N) is 3. The van der Waals surface area contributed by atoms with Crippen molar-refractivity contribution in [3.63, 3.8) is 0 Å². The van der Waals surface area contributed by atoms with E-state index in [1.165, 1.54) is 16.9 Å². The van der Waals surface area contributed by atoms with E-state index in [-0.39, 0.29) is 0 Å². The summed E-state index contributed by atoms with van der Waals surface area (Å²) < 4.78 is 7.29. The highest BCUT2D eigenvalue weighted by Crippen LogP contribution is 2.26. The van der Waals surface area contributed by atoms with Crippen LogP contribution in [0.1, 0.15) is 24.1 Å². The molecule has 3 rings (SSSR count). The lowest BCUT2D eigenvalue weighted by Crippen LogP contribution is -2.40. The molecule has 2 aromatic rings. The zero-order valence-electron chi connectivity index (χ0n) is 13.3. The topological polar surface area (TPSA) is 56.3 Å². The molecule has 2 heterocycles. The molecule has 0 amide bonds. The Hall–Kier alpha value is -2.01. The summed E-state index contributed by atoms with van der Waals surface area (Å²) in [7, 11) is 3.71. The van der Waals surface area contributed by atoms with Crippen LogP contribution in [0, 0.1) is 0 Å². The first-order chi connectivity index (χ1) is 10.7. The summed E-state index contributed by atoms with van der Waals surface area (Å²) in [5.74, 6) is 0.894. The normalized spacial score (nSPS) is 16.0. The zero-order valence-corrected chi connectivity index (χ0v) is 13.3. The number of piperidine rings is 1. The largest absolute Gasteiger partial charge is 0.497 e. The van der Waals surface area contributed by atoms with E-state index in [9.17, 15) is 0 Å². The molecule has 0 atom stereocenters. The average Bonchev–Trinajstić information content (AvgIpc) is 2.89. The fourth-order valence-electron chi connectivity index (χ4n) is 3.04. The molecule has 1 saturated heterocycles. The van der Waals surface area contributed by atoms with Gasteiger partial charge in [0.15, 0.2) is 0 Å². The highest BCUT2D eigenvalue weighted by Gasteiger charge is 2.21. The minimum Gasteiger partial charge on any atom is -0.497 e. The van der Waals surface area contributed by atoms with Crippen LogP contribution in [0.5, 0.6) is 5.75 Å². The van der Waals surface area contributed by atoms with E-state index in [0.29, 0.717) is 6.04 Å². The fourth-order valence-corrected chi connectivity index (χ4v) is 3.04. The third-order valence-electron chi connectivity index (χ3n) is 4.43. The number of benzene rings is 1. The minimum absolute atomic E-state index is 0.342. The number of anilines is 1. The van der Waals surface area contributed by atoms with E-state index < -0.39 is 0 Å². The number of rotatable bonds is 4. The van der Waals surface area contributed by atoms with Crippen LogP contribution >= 0.6 is 0 Å². The monoisotopic (exact) mass is 300 g/mol. The number of hydrogen-bond donors (Lipinski definition) is 1. The average molecular weight is 300 g/mol. The molecule has 2 N–H and O–H groups in total. The van der Waals surface area contributed by atoms with Gasteiger partial charge in [-0.15, -0.1) is 0 Å². The van der Waals surface area contributed by atoms with Crippen molar-refractivity contribution >= 4 is 5.69 Å². The van der Waals surface area contributed by atoms with Gasteiger partial charge in [0.2, 0.25) is 0 Å². The molecule has 0 saturated carbocycles. The van der Waals surface area contributed by atoms with Crippen LogP contribution in [0.4, 0.5) is 5.69 Å². The molecule has 22 heavy (non-hydrogen) atoms. The van der Waals surface area contributed by atoms with Gasteiger partial charge in [0.25, 0.3) is 0 Å². The molecule has 1 aromatic heterocycles. The maximum Gasteiger partial charge on any atom is 0.119 e. The van der Waals surface area contributed by atoms with E-state index >= 15 is 0 Å². The van der Waals surface area contributed by atoms with Gasteiger partial charge in [-0.1, -0.05) is 12.1 Å². The van der Waals surface area contributed by atoms with Crippen LogP contribution in [-0.4, -0.2) is 36.0 Å². The molecule has 5 nitrogen and oxygen atoms in total. The first-order valence-electron chi connectivity index (χ1n) is 7.81. The summed E-state index contributed by atoms with van der Waals surface area (Å²) in [5, 5.41) is 4.46. The summed E-state index contributed by atoms with van der Waals surface area (Å²) in [6.45, 7) is 2.02. The minimum atomic E-state index is 0.342. The Balaban J connectivity index is 1.82. The van der Waals surface area contributed by atoms with Crippen LogP contribution in [0.3, 0.4) is 0 Å². The number of aromatic nitrogens is 2. The van der Waals surface area contributed by atoms with Crippen molar-refractivity contribution in [3.05, 3.63) is 41.7 Å². The Morgan fingerprint density at radius 3 is 2.82 bits per heavy atom. The van der Waals surface area contributed by atoms with Crippen molar-refractivity contribution in [2.75, 3.05) is 25.1 Å². The lowest BCUT2D eigenvalue weighted by molar-refractivity contribution is 0.414. The van der Waals surface area contributed by atoms with Gasteiger partial charge in [0.05, 0.1) is 24.7 Å². The molecule has 0 aliphatic carbocycles. The van der Waals surface area contributed by atoms with Gasteiger partial charge >= 0.3 is 0 Å². The molecule has 1 aliphatic rings. The third-order valence-corrected chi connectivity index (χ3v) is 4.43. The van der Waals surface area contributed by atoms with Crippen LogP contribution in [0.2, 0.25) is 0 Å². The van der Waals surface area contributed by atoms with E-state index in [0.717, 1.165) is 38.1 Å². The Morgan fingerprint density at radius 1 is 1.32 bits per heavy atom. The van der Waals surface area contributed by atoms with Gasteiger partial charge in [-0.3, -0.25) is 4.68 Å². The van der Waals surface area contributed by atoms with Crippen molar-refractivity contribution in [2.24, 2.45) is 12.8 Å².